The summed E-state index contributed by atoms with van der Waals surface area (Å²) in [5.74, 6) is 1.01. The van der Waals surface area contributed by atoms with Crippen molar-refractivity contribution in [2.45, 2.75) is 11.3 Å². The highest BCUT2D eigenvalue weighted by atomic mass is 35.5. The Morgan fingerprint density at radius 2 is 2.04 bits per heavy atom. The highest BCUT2D eigenvalue weighted by molar-refractivity contribution is 8.01. The van der Waals surface area contributed by atoms with Crippen LogP contribution in [-0.2, 0) is 4.79 Å². The zero-order valence-electron chi connectivity index (χ0n) is 14.3. The number of halogens is 1. The Kier molecular flexibility index (Phi) is 6.19. The number of benzene rings is 2. The quantitative estimate of drug-likeness (QED) is 0.550. The first-order valence-electron chi connectivity index (χ1n) is 7.84. The Labute approximate surface area is 165 Å². The van der Waals surface area contributed by atoms with Gasteiger partial charge in [-0.2, -0.15) is 0 Å². The first kappa shape index (κ1) is 18.8. The number of methoxy groups -OCH3 is 1. The van der Waals surface area contributed by atoms with E-state index in [9.17, 15) is 4.79 Å². The monoisotopic (exact) mass is 404 g/mol. The zero-order valence-corrected chi connectivity index (χ0v) is 16.7. The van der Waals surface area contributed by atoms with E-state index < -0.39 is 0 Å². The van der Waals surface area contributed by atoms with Crippen molar-refractivity contribution >= 4 is 46.3 Å². The predicted molar refractivity (Wildman–Crippen MR) is 110 cm³/mol. The maximum absolute atomic E-state index is 12.2. The average molecular weight is 405 g/mol. The molecule has 0 saturated heterocycles. The topological polar surface area (TPSA) is 51.2 Å². The Morgan fingerprint density at radius 1 is 1.27 bits per heavy atom. The number of aryl methyl sites for hydroxylation is 1. The van der Waals surface area contributed by atoms with Gasteiger partial charge in [-0.1, -0.05) is 35.5 Å². The second kappa shape index (κ2) is 8.58. The normalized spacial score (nSPS) is 10.6. The lowest BCUT2D eigenvalue weighted by molar-refractivity contribution is -0.113. The molecule has 7 heteroatoms. The third-order valence-corrected chi connectivity index (χ3v) is 5.93. The minimum Gasteiger partial charge on any atom is -0.497 e. The lowest BCUT2D eigenvalue weighted by Gasteiger charge is -2.09. The number of nitrogens with zero attached hydrogens (tertiary/aromatic N) is 1. The summed E-state index contributed by atoms with van der Waals surface area (Å²) in [5, 5.41) is 5.60. The van der Waals surface area contributed by atoms with E-state index in [1.54, 1.807) is 7.11 Å². The number of anilines is 1. The number of thioether (sulfide) groups is 1. The molecule has 1 N–H and O–H groups in total. The fourth-order valence-electron chi connectivity index (χ4n) is 2.29. The van der Waals surface area contributed by atoms with Gasteiger partial charge in [-0.05, 0) is 42.8 Å². The molecule has 0 radical (unpaired) electrons. The average Bonchev–Trinajstić information content (AvgIpc) is 3.11. The molecule has 1 heterocycles. The van der Waals surface area contributed by atoms with Crippen molar-refractivity contribution in [3.8, 4) is 17.0 Å². The Morgan fingerprint density at radius 3 is 2.73 bits per heavy atom. The van der Waals surface area contributed by atoms with Crippen LogP contribution in [0.2, 0.25) is 5.02 Å². The first-order chi connectivity index (χ1) is 12.5. The van der Waals surface area contributed by atoms with Crippen LogP contribution >= 0.6 is 34.7 Å². The molecule has 0 unspecified atom stereocenters. The van der Waals surface area contributed by atoms with Gasteiger partial charge in [0, 0.05) is 21.7 Å². The van der Waals surface area contributed by atoms with Gasteiger partial charge in [0.1, 0.15) is 5.75 Å². The molecule has 1 amide bonds. The number of hydrogen-bond acceptors (Lipinski definition) is 5. The number of amides is 1. The summed E-state index contributed by atoms with van der Waals surface area (Å²) in [7, 11) is 1.62. The molecule has 0 atom stereocenters. The number of rotatable bonds is 6. The molecule has 3 aromatic rings. The fourth-order valence-corrected chi connectivity index (χ4v) is 4.05. The minimum absolute atomic E-state index is 0.0634. The number of carbonyl (C=O) groups is 1. The van der Waals surface area contributed by atoms with Crippen molar-refractivity contribution in [2.75, 3.05) is 18.2 Å². The number of aromatic nitrogens is 1. The van der Waals surface area contributed by atoms with E-state index in [2.05, 4.69) is 10.3 Å². The first-order valence-corrected chi connectivity index (χ1v) is 10.1. The van der Waals surface area contributed by atoms with Crippen LogP contribution in [0.4, 0.5) is 5.69 Å². The number of nitrogens with one attached hydrogen (secondary N) is 1. The lowest BCUT2D eigenvalue weighted by Crippen LogP contribution is -2.14. The molecule has 3 rings (SSSR count). The van der Waals surface area contributed by atoms with Crippen molar-refractivity contribution in [3.05, 3.63) is 58.4 Å². The van der Waals surface area contributed by atoms with Crippen LogP contribution in [0.25, 0.3) is 11.3 Å². The van der Waals surface area contributed by atoms with Crippen LogP contribution in [0.15, 0.2) is 52.2 Å². The third-order valence-electron chi connectivity index (χ3n) is 3.66. The van der Waals surface area contributed by atoms with Gasteiger partial charge in [-0.25, -0.2) is 4.98 Å². The Balaban J connectivity index is 1.57. The van der Waals surface area contributed by atoms with Gasteiger partial charge >= 0.3 is 0 Å². The lowest BCUT2D eigenvalue weighted by atomic mass is 10.2. The molecule has 4 nitrogen and oxygen atoms in total. The van der Waals surface area contributed by atoms with Crippen LogP contribution in [0.1, 0.15) is 5.56 Å². The molecule has 134 valence electrons. The van der Waals surface area contributed by atoms with Gasteiger partial charge in [-0.3, -0.25) is 4.79 Å². The molecule has 0 aliphatic rings. The second-order valence-electron chi connectivity index (χ2n) is 5.52. The SMILES string of the molecule is COc1ccc(NC(=O)CSc2nc(-c3ccc(Cl)cc3)cs2)c(C)c1. The molecule has 0 saturated carbocycles. The summed E-state index contributed by atoms with van der Waals surface area (Å²) >= 11 is 8.86. The molecule has 2 aromatic carbocycles. The Hall–Kier alpha value is -2.02. The van der Waals surface area contributed by atoms with Crippen LogP contribution in [0, 0.1) is 6.92 Å². The maximum Gasteiger partial charge on any atom is 0.234 e. The number of ether oxygens (including phenoxy) is 1. The van der Waals surface area contributed by atoms with Gasteiger partial charge in [0.25, 0.3) is 0 Å². The van der Waals surface area contributed by atoms with E-state index in [4.69, 9.17) is 16.3 Å². The van der Waals surface area contributed by atoms with Gasteiger partial charge < -0.3 is 10.1 Å². The number of thiazole rings is 1. The molecular weight excluding hydrogens is 388 g/mol. The summed E-state index contributed by atoms with van der Waals surface area (Å²) in [4.78, 5) is 16.8. The van der Waals surface area contributed by atoms with Crippen molar-refractivity contribution in [2.24, 2.45) is 0 Å². The number of hydrogen-bond donors (Lipinski definition) is 1. The Bertz CT molecular complexity index is 910. The minimum atomic E-state index is -0.0634. The van der Waals surface area contributed by atoms with Crippen molar-refractivity contribution < 1.29 is 9.53 Å². The smallest absolute Gasteiger partial charge is 0.234 e. The van der Waals surface area contributed by atoms with Crippen molar-refractivity contribution in [1.82, 2.24) is 4.98 Å². The fraction of sp³-hybridized carbons (Fsp3) is 0.158. The van der Waals surface area contributed by atoms with E-state index in [0.717, 1.165) is 32.6 Å². The highest BCUT2D eigenvalue weighted by Crippen LogP contribution is 2.29. The van der Waals surface area contributed by atoms with Gasteiger partial charge in [-0.15, -0.1) is 11.3 Å². The zero-order chi connectivity index (χ0) is 18.5. The van der Waals surface area contributed by atoms with E-state index in [-0.39, 0.29) is 5.91 Å². The largest absolute Gasteiger partial charge is 0.497 e. The van der Waals surface area contributed by atoms with Gasteiger partial charge in [0.05, 0.1) is 18.6 Å². The second-order valence-corrected chi connectivity index (χ2v) is 8.04. The maximum atomic E-state index is 12.2. The van der Waals surface area contributed by atoms with Crippen LogP contribution in [-0.4, -0.2) is 23.8 Å². The van der Waals surface area contributed by atoms with Crippen LogP contribution in [0.5, 0.6) is 5.75 Å². The van der Waals surface area contributed by atoms with Crippen LogP contribution in [0.3, 0.4) is 0 Å². The molecule has 0 fully saturated rings. The summed E-state index contributed by atoms with van der Waals surface area (Å²) in [6.07, 6.45) is 0. The molecule has 26 heavy (non-hydrogen) atoms. The molecule has 0 aliphatic heterocycles. The molecule has 0 spiro atoms. The van der Waals surface area contributed by atoms with E-state index in [1.807, 2.05) is 54.8 Å². The van der Waals surface area contributed by atoms with Gasteiger partial charge in [0.15, 0.2) is 4.34 Å². The molecule has 0 bridgehead atoms. The number of carbonyl (C=O) groups excluding carboxylic acids is 1. The highest BCUT2D eigenvalue weighted by Gasteiger charge is 2.10. The summed E-state index contributed by atoms with van der Waals surface area (Å²) < 4.78 is 6.03. The van der Waals surface area contributed by atoms with Crippen molar-refractivity contribution in [3.63, 3.8) is 0 Å². The molecule has 0 aliphatic carbocycles. The van der Waals surface area contributed by atoms with E-state index in [1.165, 1.54) is 23.1 Å². The summed E-state index contributed by atoms with van der Waals surface area (Å²) in [6, 6.07) is 13.1. The van der Waals surface area contributed by atoms with E-state index in [0.29, 0.717) is 10.8 Å². The van der Waals surface area contributed by atoms with Crippen molar-refractivity contribution in [1.29, 1.82) is 0 Å². The third kappa shape index (κ3) is 4.78. The summed E-state index contributed by atoms with van der Waals surface area (Å²) in [6.45, 7) is 1.94. The molecule has 1 aromatic heterocycles. The predicted octanol–water partition coefficient (Wildman–Crippen LogP) is 5.51. The standard InChI is InChI=1S/C19H17ClN2O2S2/c1-12-9-15(24-2)7-8-16(12)21-18(23)11-26-19-22-17(10-25-19)13-3-5-14(20)6-4-13/h3-10H,11H2,1-2H3,(H,21,23). The van der Waals surface area contributed by atoms with E-state index >= 15 is 0 Å². The molecular formula is C19H17ClN2O2S2. The van der Waals surface area contributed by atoms with Crippen LogP contribution < -0.4 is 10.1 Å². The summed E-state index contributed by atoms with van der Waals surface area (Å²) in [5.41, 5.74) is 3.65. The van der Waals surface area contributed by atoms with Gasteiger partial charge in [0.2, 0.25) is 5.91 Å².